The fourth-order valence-corrected chi connectivity index (χ4v) is 5.25. The fraction of sp³-hybridized carbons (Fsp3) is 0.970. The number of carbonyl (C=O) groups excluding carboxylic acids is 1. The predicted molar refractivity (Wildman–Crippen MR) is 164 cm³/mol. The molecule has 9 heteroatoms. The van der Waals surface area contributed by atoms with E-state index in [1.807, 2.05) is 0 Å². The standard InChI is InChI=1S/C33H64O9/c1-3-5-7-9-11-13-14-16-18-20-22-29(35)41-27(25-39-23-21-19-17-15-12-10-8-6-4-2)26-40-33-32(38)31(37)30(36)28(24-34)42-33/h27-28,30-34,36-38H,3-26H2,1-2H3. The summed E-state index contributed by atoms with van der Waals surface area (Å²) in [6.45, 7) is 4.52. The summed E-state index contributed by atoms with van der Waals surface area (Å²) in [5, 5.41) is 39.7. The van der Waals surface area contributed by atoms with E-state index in [0.29, 0.717) is 13.0 Å². The van der Waals surface area contributed by atoms with Gasteiger partial charge < -0.3 is 39.4 Å². The quantitative estimate of drug-likeness (QED) is 0.0667. The van der Waals surface area contributed by atoms with Crippen LogP contribution in [0.4, 0.5) is 0 Å². The van der Waals surface area contributed by atoms with Crippen molar-refractivity contribution in [2.45, 2.75) is 179 Å². The minimum absolute atomic E-state index is 0.107. The van der Waals surface area contributed by atoms with Crippen molar-refractivity contribution in [1.82, 2.24) is 0 Å². The van der Waals surface area contributed by atoms with Crippen LogP contribution < -0.4 is 0 Å². The maximum absolute atomic E-state index is 12.6. The molecule has 0 aromatic rings. The summed E-state index contributed by atoms with van der Waals surface area (Å²) in [5.74, 6) is -0.316. The van der Waals surface area contributed by atoms with Crippen molar-refractivity contribution in [2.75, 3.05) is 26.4 Å². The molecular weight excluding hydrogens is 540 g/mol. The lowest BCUT2D eigenvalue weighted by molar-refractivity contribution is -0.305. The minimum atomic E-state index is -1.53. The van der Waals surface area contributed by atoms with E-state index in [4.69, 9.17) is 18.9 Å². The van der Waals surface area contributed by atoms with Crippen LogP contribution in [0.3, 0.4) is 0 Å². The Balaban J connectivity index is 2.38. The van der Waals surface area contributed by atoms with Gasteiger partial charge in [0, 0.05) is 13.0 Å². The van der Waals surface area contributed by atoms with Crippen LogP contribution in [-0.2, 0) is 23.7 Å². The van der Waals surface area contributed by atoms with Gasteiger partial charge >= 0.3 is 5.97 Å². The molecule has 1 fully saturated rings. The SMILES string of the molecule is CCCCCCCCCCCCC(=O)OC(COCCCCCCCCCCC)COC1OC(CO)C(O)C(O)C1O. The molecule has 6 atom stereocenters. The van der Waals surface area contributed by atoms with Crippen molar-refractivity contribution < 1.29 is 44.2 Å². The molecule has 42 heavy (non-hydrogen) atoms. The maximum Gasteiger partial charge on any atom is 0.306 e. The summed E-state index contributed by atoms with van der Waals surface area (Å²) in [6, 6.07) is 0. The normalized spacial score (nSPS) is 23.2. The molecule has 0 bridgehead atoms. The number of ether oxygens (including phenoxy) is 4. The van der Waals surface area contributed by atoms with Gasteiger partial charge in [0.15, 0.2) is 6.29 Å². The number of esters is 1. The number of unbranched alkanes of at least 4 members (excludes halogenated alkanes) is 17. The highest BCUT2D eigenvalue weighted by atomic mass is 16.7. The molecule has 0 saturated carbocycles. The van der Waals surface area contributed by atoms with Gasteiger partial charge in [0.2, 0.25) is 0 Å². The average molecular weight is 605 g/mol. The molecule has 1 rings (SSSR count). The summed E-state index contributed by atoms with van der Waals surface area (Å²) in [4.78, 5) is 12.6. The molecule has 0 aromatic carbocycles. The number of hydrogen-bond donors (Lipinski definition) is 4. The number of hydrogen-bond acceptors (Lipinski definition) is 9. The van der Waals surface area contributed by atoms with Gasteiger partial charge in [0.1, 0.15) is 30.5 Å². The first-order valence-corrected chi connectivity index (χ1v) is 17.1. The first-order valence-electron chi connectivity index (χ1n) is 17.1. The highest BCUT2D eigenvalue weighted by Crippen LogP contribution is 2.22. The number of carbonyl (C=O) groups is 1. The molecule has 6 unspecified atom stereocenters. The Morgan fingerprint density at radius 1 is 0.667 bits per heavy atom. The van der Waals surface area contributed by atoms with Crippen molar-refractivity contribution in [2.24, 2.45) is 0 Å². The Labute approximate surface area is 255 Å². The molecule has 9 nitrogen and oxygen atoms in total. The highest BCUT2D eigenvalue weighted by molar-refractivity contribution is 5.69. The third-order valence-corrected chi connectivity index (χ3v) is 8.02. The molecule has 1 saturated heterocycles. The molecule has 0 radical (unpaired) electrons. The molecule has 0 aromatic heterocycles. The van der Waals surface area contributed by atoms with Gasteiger partial charge in [-0.2, -0.15) is 0 Å². The first kappa shape index (κ1) is 39.2. The van der Waals surface area contributed by atoms with Gasteiger partial charge in [-0.1, -0.05) is 123 Å². The van der Waals surface area contributed by atoms with Crippen LogP contribution >= 0.6 is 0 Å². The van der Waals surface area contributed by atoms with Crippen LogP contribution in [0.1, 0.15) is 142 Å². The number of rotatable bonds is 28. The van der Waals surface area contributed by atoms with E-state index in [1.165, 1.54) is 89.9 Å². The van der Waals surface area contributed by atoms with Gasteiger partial charge in [-0.05, 0) is 12.8 Å². The van der Waals surface area contributed by atoms with Gasteiger partial charge in [-0.3, -0.25) is 4.79 Å². The first-order chi connectivity index (χ1) is 20.4. The van der Waals surface area contributed by atoms with E-state index in [9.17, 15) is 25.2 Å². The lowest BCUT2D eigenvalue weighted by atomic mass is 9.99. The molecule has 1 heterocycles. The lowest BCUT2D eigenvalue weighted by Gasteiger charge is -2.39. The van der Waals surface area contributed by atoms with Gasteiger partial charge in [0.25, 0.3) is 0 Å². The van der Waals surface area contributed by atoms with Crippen molar-refractivity contribution in [1.29, 1.82) is 0 Å². The number of aliphatic hydroxyl groups excluding tert-OH is 4. The predicted octanol–water partition coefficient (Wildman–Crippen LogP) is 5.57. The maximum atomic E-state index is 12.6. The summed E-state index contributed by atoms with van der Waals surface area (Å²) >= 11 is 0. The Bertz CT molecular complexity index is 618. The topological polar surface area (TPSA) is 135 Å². The smallest absolute Gasteiger partial charge is 0.306 e. The van der Waals surface area contributed by atoms with E-state index in [2.05, 4.69) is 13.8 Å². The van der Waals surface area contributed by atoms with Crippen molar-refractivity contribution in [3.63, 3.8) is 0 Å². The fourth-order valence-electron chi connectivity index (χ4n) is 5.25. The van der Waals surface area contributed by atoms with Crippen LogP contribution in [0, 0.1) is 0 Å². The van der Waals surface area contributed by atoms with Gasteiger partial charge in [-0.25, -0.2) is 0 Å². The van der Waals surface area contributed by atoms with Crippen molar-refractivity contribution in [3.8, 4) is 0 Å². The zero-order chi connectivity index (χ0) is 30.8. The Hall–Kier alpha value is -0.810. The van der Waals surface area contributed by atoms with Gasteiger partial charge in [-0.15, -0.1) is 0 Å². The molecule has 4 N–H and O–H groups in total. The molecule has 0 amide bonds. The highest BCUT2D eigenvalue weighted by Gasteiger charge is 2.44. The Morgan fingerprint density at radius 3 is 1.69 bits per heavy atom. The third kappa shape index (κ3) is 18.8. The summed E-state index contributed by atoms with van der Waals surface area (Å²) in [6.07, 6.45) is 15.6. The summed E-state index contributed by atoms with van der Waals surface area (Å²) < 4.78 is 22.6. The Kier molecular flexibility index (Phi) is 24.8. The van der Waals surface area contributed by atoms with E-state index in [-0.39, 0.29) is 19.2 Å². The molecule has 1 aliphatic rings. The van der Waals surface area contributed by atoms with Crippen LogP contribution in [0.2, 0.25) is 0 Å². The van der Waals surface area contributed by atoms with Crippen molar-refractivity contribution >= 4 is 5.97 Å². The van der Waals surface area contributed by atoms with E-state index >= 15 is 0 Å². The van der Waals surface area contributed by atoms with E-state index in [0.717, 1.165) is 32.1 Å². The second-order valence-electron chi connectivity index (χ2n) is 12.0. The lowest BCUT2D eigenvalue weighted by Crippen LogP contribution is -2.59. The minimum Gasteiger partial charge on any atom is -0.457 e. The largest absolute Gasteiger partial charge is 0.457 e. The third-order valence-electron chi connectivity index (χ3n) is 8.02. The van der Waals surface area contributed by atoms with E-state index in [1.54, 1.807) is 0 Å². The number of aliphatic hydroxyl groups is 4. The van der Waals surface area contributed by atoms with Gasteiger partial charge in [0.05, 0.1) is 19.8 Å². The molecule has 1 aliphatic heterocycles. The zero-order valence-corrected chi connectivity index (χ0v) is 26.8. The molecule has 0 aliphatic carbocycles. The summed E-state index contributed by atoms with van der Waals surface area (Å²) in [5.41, 5.74) is 0. The van der Waals surface area contributed by atoms with Crippen LogP contribution in [0.5, 0.6) is 0 Å². The average Bonchev–Trinajstić information content (AvgIpc) is 2.99. The zero-order valence-electron chi connectivity index (χ0n) is 26.8. The second-order valence-corrected chi connectivity index (χ2v) is 12.0. The molecule has 250 valence electrons. The van der Waals surface area contributed by atoms with Crippen LogP contribution in [0.25, 0.3) is 0 Å². The molecular formula is C33H64O9. The second kappa shape index (κ2) is 26.6. The molecule has 0 spiro atoms. The van der Waals surface area contributed by atoms with Crippen molar-refractivity contribution in [3.05, 3.63) is 0 Å². The Morgan fingerprint density at radius 2 is 1.17 bits per heavy atom. The van der Waals surface area contributed by atoms with Crippen LogP contribution in [-0.4, -0.2) is 89.6 Å². The van der Waals surface area contributed by atoms with Crippen LogP contribution in [0.15, 0.2) is 0 Å². The summed E-state index contributed by atoms with van der Waals surface area (Å²) in [7, 11) is 0. The monoisotopic (exact) mass is 604 g/mol. The van der Waals surface area contributed by atoms with E-state index < -0.39 is 43.4 Å².